The molecule has 0 saturated heterocycles. The Labute approximate surface area is 174 Å². The van der Waals surface area contributed by atoms with Crippen molar-refractivity contribution in [1.82, 2.24) is 5.48 Å². The number of nitrogens with zero attached hydrogens (tertiary/aromatic N) is 1. The maximum absolute atomic E-state index is 13.0. The lowest BCUT2D eigenvalue weighted by Crippen LogP contribution is -2.42. The number of rotatable bonds is 12. The summed E-state index contributed by atoms with van der Waals surface area (Å²) in [4.78, 5) is 20.5. The van der Waals surface area contributed by atoms with Gasteiger partial charge in [0.15, 0.2) is 0 Å². The van der Waals surface area contributed by atoms with Crippen molar-refractivity contribution in [2.24, 2.45) is 0 Å². The molecule has 0 radical (unpaired) electrons. The maximum atomic E-state index is 13.0. The van der Waals surface area contributed by atoms with E-state index in [4.69, 9.17) is 21.2 Å². The summed E-state index contributed by atoms with van der Waals surface area (Å²) in [5, 5.41) is -0.558. The van der Waals surface area contributed by atoms with E-state index in [0.29, 0.717) is 12.5 Å². The highest BCUT2D eigenvalue weighted by atomic mass is 35.5. The molecule has 1 N–H and O–H groups in total. The van der Waals surface area contributed by atoms with E-state index in [1.165, 1.54) is 18.4 Å². The van der Waals surface area contributed by atoms with Crippen LogP contribution in [0.15, 0.2) is 18.2 Å². The predicted molar refractivity (Wildman–Crippen MR) is 115 cm³/mol. The SMILES string of the molecule is CCc1ccc(CCCOC)cc1N(CONC1CCCC1)C(=O)C(Cl)CC. The lowest BCUT2D eigenvalue weighted by molar-refractivity contribution is -0.120. The van der Waals surface area contributed by atoms with E-state index in [1.54, 1.807) is 12.0 Å². The first kappa shape index (κ1) is 23.1. The minimum Gasteiger partial charge on any atom is -0.385 e. The molecule has 0 bridgehead atoms. The average Bonchev–Trinajstić information content (AvgIpc) is 3.24. The van der Waals surface area contributed by atoms with E-state index >= 15 is 0 Å². The molecule has 1 fully saturated rings. The van der Waals surface area contributed by atoms with Crippen molar-refractivity contribution >= 4 is 23.2 Å². The van der Waals surface area contributed by atoms with Gasteiger partial charge in [-0.1, -0.05) is 38.8 Å². The van der Waals surface area contributed by atoms with Gasteiger partial charge in [-0.05, 0) is 55.7 Å². The number of hydrogen-bond donors (Lipinski definition) is 1. The van der Waals surface area contributed by atoms with Crippen LogP contribution in [-0.4, -0.2) is 37.8 Å². The predicted octanol–water partition coefficient (Wildman–Crippen LogP) is 4.60. The molecule has 1 amide bonds. The van der Waals surface area contributed by atoms with Crippen molar-refractivity contribution in [2.75, 3.05) is 25.3 Å². The van der Waals surface area contributed by atoms with Crippen LogP contribution in [0.4, 0.5) is 5.69 Å². The van der Waals surface area contributed by atoms with E-state index in [9.17, 15) is 4.79 Å². The molecular formula is C22H35ClN2O3. The summed E-state index contributed by atoms with van der Waals surface area (Å²) < 4.78 is 5.16. The van der Waals surface area contributed by atoms with Gasteiger partial charge in [0.25, 0.3) is 0 Å². The molecule has 1 unspecified atom stereocenters. The van der Waals surface area contributed by atoms with Crippen LogP contribution in [0.2, 0.25) is 0 Å². The van der Waals surface area contributed by atoms with Crippen LogP contribution >= 0.6 is 11.6 Å². The van der Waals surface area contributed by atoms with Gasteiger partial charge in [0.1, 0.15) is 12.1 Å². The first-order chi connectivity index (χ1) is 13.6. The maximum Gasteiger partial charge on any atom is 0.246 e. The molecule has 0 aliphatic heterocycles. The first-order valence-electron chi connectivity index (χ1n) is 10.5. The summed E-state index contributed by atoms with van der Waals surface area (Å²) >= 11 is 6.32. The second-order valence-electron chi connectivity index (χ2n) is 7.43. The molecule has 0 heterocycles. The van der Waals surface area contributed by atoms with Crippen molar-refractivity contribution in [3.63, 3.8) is 0 Å². The van der Waals surface area contributed by atoms with Gasteiger partial charge in [-0.25, -0.2) is 0 Å². The van der Waals surface area contributed by atoms with Crippen LogP contribution in [0.5, 0.6) is 0 Å². The number of methoxy groups -OCH3 is 1. The number of hydroxylamine groups is 1. The van der Waals surface area contributed by atoms with E-state index in [0.717, 1.165) is 50.0 Å². The normalized spacial score (nSPS) is 15.7. The summed E-state index contributed by atoms with van der Waals surface area (Å²) in [6, 6.07) is 6.72. The van der Waals surface area contributed by atoms with Gasteiger partial charge < -0.3 is 4.74 Å². The fraction of sp³-hybridized carbons (Fsp3) is 0.682. The number of hydrogen-bond acceptors (Lipinski definition) is 4. The standard InChI is InChI=1S/C22H35ClN2O3/c1-4-18-13-12-17(9-8-14-27-3)15-21(18)25(22(26)20(23)5-2)16-28-24-19-10-6-7-11-19/h12-13,15,19-20,24H,4-11,14,16H2,1-3H3. The minimum atomic E-state index is -0.558. The van der Waals surface area contributed by atoms with Gasteiger partial charge in [-0.3, -0.25) is 14.5 Å². The van der Waals surface area contributed by atoms with Gasteiger partial charge >= 0.3 is 0 Å². The van der Waals surface area contributed by atoms with Crippen LogP contribution < -0.4 is 10.4 Å². The summed E-state index contributed by atoms with van der Waals surface area (Å²) in [5.74, 6) is -0.110. The van der Waals surface area contributed by atoms with Crippen LogP contribution in [0.3, 0.4) is 0 Å². The molecular weight excluding hydrogens is 376 g/mol. The Morgan fingerprint density at radius 1 is 1.32 bits per heavy atom. The largest absolute Gasteiger partial charge is 0.385 e. The van der Waals surface area contributed by atoms with E-state index in [1.807, 2.05) is 6.92 Å². The molecule has 158 valence electrons. The van der Waals surface area contributed by atoms with E-state index < -0.39 is 5.38 Å². The Morgan fingerprint density at radius 2 is 2.07 bits per heavy atom. The molecule has 1 aliphatic carbocycles. The number of aryl methyl sites for hydroxylation is 2. The molecule has 0 spiro atoms. The quantitative estimate of drug-likeness (QED) is 0.237. The highest BCUT2D eigenvalue weighted by molar-refractivity contribution is 6.32. The molecule has 1 aromatic carbocycles. The Morgan fingerprint density at radius 3 is 2.71 bits per heavy atom. The van der Waals surface area contributed by atoms with Crippen LogP contribution in [-0.2, 0) is 27.2 Å². The first-order valence-corrected chi connectivity index (χ1v) is 11.0. The van der Waals surface area contributed by atoms with E-state index in [2.05, 4.69) is 30.6 Å². The van der Waals surface area contributed by atoms with Gasteiger partial charge in [0.2, 0.25) is 5.91 Å². The van der Waals surface area contributed by atoms with Crippen molar-refractivity contribution in [3.8, 4) is 0 Å². The van der Waals surface area contributed by atoms with Gasteiger partial charge in [0.05, 0.1) is 0 Å². The monoisotopic (exact) mass is 410 g/mol. The lowest BCUT2D eigenvalue weighted by atomic mass is 10.0. The molecule has 1 saturated carbocycles. The number of alkyl halides is 1. The van der Waals surface area contributed by atoms with Crippen molar-refractivity contribution < 1.29 is 14.4 Å². The van der Waals surface area contributed by atoms with Crippen molar-refractivity contribution in [3.05, 3.63) is 29.3 Å². The number of ether oxygens (including phenoxy) is 1. The highest BCUT2D eigenvalue weighted by Gasteiger charge is 2.25. The Balaban J connectivity index is 2.18. The summed E-state index contributed by atoms with van der Waals surface area (Å²) in [7, 11) is 1.71. The van der Waals surface area contributed by atoms with Crippen LogP contribution in [0.25, 0.3) is 0 Å². The molecule has 1 atom stereocenters. The average molecular weight is 411 g/mol. The third kappa shape index (κ3) is 6.73. The van der Waals surface area contributed by atoms with E-state index in [-0.39, 0.29) is 12.6 Å². The zero-order valence-corrected chi connectivity index (χ0v) is 18.3. The Bertz CT molecular complexity index is 605. The summed E-state index contributed by atoms with van der Waals surface area (Å²) in [5.41, 5.74) is 6.34. The molecule has 5 nitrogen and oxygen atoms in total. The molecule has 2 rings (SSSR count). The topological polar surface area (TPSA) is 50.8 Å². The van der Waals surface area contributed by atoms with Crippen LogP contribution in [0, 0.1) is 0 Å². The Kier molecular flexibility index (Phi) is 10.3. The van der Waals surface area contributed by atoms with Gasteiger partial charge in [0, 0.05) is 25.4 Å². The Hall–Kier alpha value is -1.14. The second kappa shape index (κ2) is 12.4. The van der Waals surface area contributed by atoms with Crippen LogP contribution in [0.1, 0.15) is 63.5 Å². The number of benzene rings is 1. The number of carbonyl (C=O) groups is 1. The number of anilines is 1. The second-order valence-corrected chi connectivity index (χ2v) is 7.95. The highest BCUT2D eigenvalue weighted by Crippen LogP contribution is 2.26. The third-order valence-corrected chi connectivity index (χ3v) is 5.82. The lowest BCUT2D eigenvalue weighted by Gasteiger charge is -2.27. The zero-order valence-electron chi connectivity index (χ0n) is 17.5. The molecule has 6 heteroatoms. The van der Waals surface area contributed by atoms with Gasteiger partial charge in [-0.15, -0.1) is 11.6 Å². The molecule has 28 heavy (non-hydrogen) atoms. The summed E-state index contributed by atoms with van der Waals surface area (Å²) in [6.07, 6.45) is 7.98. The number of amides is 1. The smallest absolute Gasteiger partial charge is 0.246 e. The third-order valence-electron chi connectivity index (χ3n) is 5.33. The zero-order chi connectivity index (χ0) is 20.4. The number of halogens is 1. The molecule has 1 aliphatic rings. The van der Waals surface area contributed by atoms with Gasteiger partial charge in [-0.2, -0.15) is 5.48 Å². The molecule has 1 aromatic rings. The fourth-order valence-corrected chi connectivity index (χ4v) is 3.71. The fourth-order valence-electron chi connectivity index (χ4n) is 3.59. The molecule has 0 aromatic heterocycles. The minimum absolute atomic E-state index is 0.110. The summed E-state index contributed by atoms with van der Waals surface area (Å²) in [6.45, 7) is 4.91. The number of nitrogens with one attached hydrogen (secondary N) is 1. The van der Waals surface area contributed by atoms with Crippen molar-refractivity contribution in [2.45, 2.75) is 76.6 Å². The van der Waals surface area contributed by atoms with Crippen molar-refractivity contribution in [1.29, 1.82) is 0 Å². The number of carbonyl (C=O) groups excluding carboxylic acids is 1.